The fourth-order valence-electron chi connectivity index (χ4n) is 1.06. The van der Waals surface area contributed by atoms with E-state index >= 15 is 0 Å². The van der Waals surface area contributed by atoms with Crippen LogP contribution in [0.25, 0.3) is 0 Å². The van der Waals surface area contributed by atoms with E-state index < -0.39 is 16.8 Å². The summed E-state index contributed by atoms with van der Waals surface area (Å²) in [5.41, 5.74) is -1.33. The van der Waals surface area contributed by atoms with Crippen molar-refractivity contribution in [1.82, 2.24) is 0 Å². The second-order valence-corrected chi connectivity index (χ2v) is 3.09. The number of hydrogen-bond donors (Lipinski definition) is 0. The van der Waals surface area contributed by atoms with Gasteiger partial charge in [0.15, 0.2) is 0 Å². The Balaban J connectivity index is 3.47. The van der Waals surface area contributed by atoms with E-state index in [-0.39, 0.29) is 11.4 Å². The van der Waals surface area contributed by atoms with E-state index in [2.05, 4.69) is 9.73 Å². The molecule has 0 saturated heterocycles. The van der Waals surface area contributed by atoms with Crippen molar-refractivity contribution in [3.63, 3.8) is 0 Å². The Morgan fingerprint density at radius 2 is 2.06 bits per heavy atom. The van der Waals surface area contributed by atoms with Gasteiger partial charge in [0.2, 0.25) is 6.08 Å². The van der Waals surface area contributed by atoms with Gasteiger partial charge in [-0.05, 0) is 6.07 Å². The minimum Gasteiger partial charge on any atom is -0.495 e. The highest BCUT2D eigenvalue weighted by atomic mass is 35.5. The topological polar surface area (TPSA) is 38.7 Å². The van der Waals surface area contributed by atoms with Crippen molar-refractivity contribution in [3.05, 3.63) is 22.7 Å². The van der Waals surface area contributed by atoms with Gasteiger partial charge in [-0.15, -0.1) is 0 Å². The molecule has 0 radical (unpaired) electrons. The summed E-state index contributed by atoms with van der Waals surface area (Å²) in [6, 6.07) is 1.76. The molecule has 0 aliphatic carbocycles. The first-order chi connectivity index (χ1) is 7.40. The van der Waals surface area contributed by atoms with Gasteiger partial charge in [0.25, 0.3) is 0 Å². The van der Waals surface area contributed by atoms with Gasteiger partial charge in [-0.1, -0.05) is 11.6 Å². The van der Waals surface area contributed by atoms with Crippen molar-refractivity contribution < 1.29 is 22.7 Å². The van der Waals surface area contributed by atoms with Crippen LogP contribution in [0.1, 0.15) is 5.56 Å². The van der Waals surface area contributed by atoms with Gasteiger partial charge in [-0.2, -0.15) is 18.2 Å². The molecule has 0 N–H and O–H groups in total. The van der Waals surface area contributed by atoms with Crippen LogP contribution in [0, 0.1) is 0 Å². The Labute approximate surface area is 93.5 Å². The summed E-state index contributed by atoms with van der Waals surface area (Å²) in [4.78, 5) is 13.1. The van der Waals surface area contributed by atoms with Gasteiger partial charge in [-0.3, -0.25) is 0 Å². The highest BCUT2D eigenvalue weighted by molar-refractivity contribution is 6.33. The Morgan fingerprint density at radius 3 is 2.50 bits per heavy atom. The third-order valence-electron chi connectivity index (χ3n) is 1.72. The number of benzene rings is 1. The maximum absolute atomic E-state index is 12.5. The third kappa shape index (κ3) is 2.53. The van der Waals surface area contributed by atoms with Crippen LogP contribution >= 0.6 is 11.6 Å². The van der Waals surface area contributed by atoms with Crippen LogP contribution in [0.3, 0.4) is 0 Å². The van der Waals surface area contributed by atoms with Crippen LogP contribution in [-0.2, 0) is 11.0 Å². The second-order valence-electron chi connectivity index (χ2n) is 2.71. The quantitative estimate of drug-likeness (QED) is 0.597. The lowest BCUT2D eigenvalue weighted by atomic mass is 10.2. The average molecular weight is 252 g/mol. The number of isocyanates is 1. The summed E-state index contributed by atoms with van der Waals surface area (Å²) < 4.78 is 42.2. The predicted molar refractivity (Wildman–Crippen MR) is 50.8 cm³/mol. The molecule has 0 aliphatic rings. The third-order valence-corrected chi connectivity index (χ3v) is 2.11. The van der Waals surface area contributed by atoms with Crippen molar-refractivity contribution in [1.29, 1.82) is 0 Å². The lowest BCUT2D eigenvalue weighted by molar-refractivity contribution is -0.137. The lowest BCUT2D eigenvalue weighted by Gasteiger charge is -2.12. The SMILES string of the molecule is COc1cc(N=C=O)cc(C(F)(F)F)c1Cl. The van der Waals surface area contributed by atoms with Crippen LogP contribution in [0.5, 0.6) is 5.75 Å². The van der Waals surface area contributed by atoms with Crippen LogP contribution in [0.2, 0.25) is 5.02 Å². The summed E-state index contributed by atoms with van der Waals surface area (Å²) in [5.74, 6) is -0.203. The highest BCUT2D eigenvalue weighted by Crippen LogP contribution is 2.41. The molecule has 0 unspecified atom stereocenters. The van der Waals surface area contributed by atoms with Gasteiger partial charge in [0, 0.05) is 6.07 Å². The summed E-state index contributed by atoms with van der Waals surface area (Å²) in [6.45, 7) is 0. The van der Waals surface area contributed by atoms with Gasteiger partial charge in [-0.25, -0.2) is 4.79 Å². The molecule has 1 aromatic carbocycles. The van der Waals surface area contributed by atoms with Gasteiger partial charge in [0.05, 0.1) is 23.4 Å². The lowest BCUT2D eigenvalue weighted by Crippen LogP contribution is -2.06. The molecule has 0 aromatic heterocycles. The van der Waals surface area contributed by atoms with Gasteiger partial charge < -0.3 is 4.74 Å². The van der Waals surface area contributed by atoms with Crippen molar-refractivity contribution in [2.75, 3.05) is 7.11 Å². The molecule has 16 heavy (non-hydrogen) atoms. The molecular weight excluding hydrogens is 247 g/mol. The highest BCUT2D eigenvalue weighted by Gasteiger charge is 2.35. The van der Waals surface area contributed by atoms with Crippen molar-refractivity contribution in [2.24, 2.45) is 4.99 Å². The van der Waals surface area contributed by atoms with Gasteiger partial charge in [0.1, 0.15) is 5.75 Å². The van der Waals surface area contributed by atoms with Crippen LogP contribution in [-0.4, -0.2) is 13.2 Å². The second kappa shape index (κ2) is 4.55. The number of hydrogen-bond acceptors (Lipinski definition) is 3. The van der Waals surface area contributed by atoms with E-state index in [1.165, 1.54) is 0 Å². The summed E-state index contributed by atoms with van der Waals surface area (Å²) in [7, 11) is 1.16. The first-order valence-electron chi connectivity index (χ1n) is 3.92. The molecule has 3 nitrogen and oxygen atoms in total. The van der Waals surface area contributed by atoms with Crippen molar-refractivity contribution in [3.8, 4) is 5.75 Å². The Bertz CT molecular complexity index is 453. The largest absolute Gasteiger partial charge is 0.495 e. The number of methoxy groups -OCH3 is 1. The molecule has 0 heterocycles. The average Bonchev–Trinajstić information content (AvgIpc) is 2.19. The zero-order valence-electron chi connectivity index (χ0n) is 7.93. The smallest absolute Gasteiger partial charge is 0.418 e. The standard InChI is InChI=1S/C9H5ClF3NO2/c1-16-7-3-5(14-4-15)2-6(8(7)10)9(11,12)13/h2-3H,1H3. The predicted octanol–water partition coefficient (Wildman–Crippen LogP) is 3.33. The Kier molecular flexibility index (Phi) is 3.57. The van der Waals surface area contributed by atoms with Crippen LogP contribution in [0.4, 0.5) is 18.9 Å². The van der Waals surface area contributed by atoms with E-state index in [0.717, 1.165) is 19.3 Å². The molecule has 0 atom stereocenters. The Hall–Kier alpha value is -1.52. The first-order valence-corrected chi connectivity index (χ1v) is 4.30. The number of ether oxygens (including phenoxy) is 1. The minimum atomic E-state index is -4.64. The van der Waals surface area contributed by atoms with Crippen LogP contribution < -0.4 is 4.74 Å². The molecule has 86 valence electrons. The van der Waals surface area contributed by atoms with Crippen LogP contribution in [0.15, 0.2) is 17.1 Å². The van der Waals surface area contributed by atoms with E-state index in [1.807, 2.05) is 0 Å². The number of carbonyl (C=O) groups excluding carboxylic acids is 1. The molecule has 0 aliphatic heterocycles. The van der Waals surface area contributed by atoms with Gasteiger partial charge >= 0.3 is 6.18 Å². The Morgan fingerprint density at radius 1 is 1.44 bits per heavy atom. The first kappa shape index (κ1) is 12.5. The zero-order chi connectivity index (χ0) is 12.3. The molecule has 0 bridgehead atoms. The molecular formula is C9H5ClF3NO2. The normalized spacial score (nSPS) is 10.8. The molecule has 1 rings (SSSR count). The molecule has 7 heteroatoms. The maximum atomic E-state index is 12.5. The zero-order valence-corrected chi connectivity index (χ0v) is 8.69. The molecule has 0 amide bonds. The molecule has 0 spiro atoms. The van der Waals surface area contributed by atoms with E-state index in [1.54, 1.807) is 0 Å². The monoisotopic (exact) mass is 251 g/mol. The number of halogens is 4. The summed E-state index contributed by atoms with van der Waals surface area (Å²) in [6.07, 6.45) is -3.50. The molecule has 1 aromatic rings. The van der Waals surface area contributed by atoms with Crippen molar-refractivity contribution in [2.45, 2.75) is 6.18 Å². The maximum Gasteiger partial charge on any atom is 0.418 e. The van der Waals surface area contributed by atoms with E-state index in [0.29, 0.717) is 6.07 Å². The number of aliphatic imine (C=N–C) groups is 1. The fourth-order valence-corrected chi connectivity index (χ4v) is 1.35. The van der Waals surface area contributed by atoms with E-state index in [4.69, 9.17) is 11.6 Å². The van der Waals surface area contributed by atoms with E-state index in [9.17, 15) is 18.0 Å². The molecule has 0 fully saturated rings. The molecule has 0 saturated carbocycles. The number of alkyl halides is 3. The summed E-state index contributed by atoms with van der Waals surface area (Å²) >= 11 is 5.48. The minimum absolute atomic E-state index is 0.203. The summed E-state index contributed by atoms with van der Waals surface area (Å²) in [5, 5.41) is -0.570. The number of nitrogens with zero attached hydrogens (tertiary/aromatic N) is 1. The fraction of sp³-hybridized carbons (Fsp3) is 0.222. The number of rotatable bonds is 2. The van der Waals surface area contributed by atoms with Crippen molar-refractivity contribution >= 4 is 23.4 Å².